The molecule has 57 heavy (non-hydrogen) atoms. The lowest BCUT2D eigenvalue weighted by atomic mass is 9.98. The molecule has 0 unspecified atom stereocenters. The van der Waals surface area contributed by atoms with Crippen molar-refractivity contribution in [1.29, 1.82) is 0 Å². The van der Waals surface area contributed by atoms with E-state index in [4.69, 9.17) is 9.47 Å². The molecular weight excluding hydrogens is 727 g/mol. The van der Waals surface area contributed by atoms with Crippen molar-refractivity contribution in [2.45, 2.75) is 37.9 Å². The highest BCUT2D eigenvalue weighted by Crippen LogP contribution is 2.44. The smallest absolute Gasteiger partial charge is 0.407 e. The maximum Gasteiger partial charge on any atom is 0.407 e. The van der Waals surface area contributed by atoms with E-state index in [2.05, 4.69) is 28.1 Å². The van der Waals surface area contributed by atoms with Gasteiger partial charge in [0.25, 0.3) is 5.91 Å². The van der Waals surface area contributed by atoms with Gasteiger partial charge in [0.1, 0.15) is 18.4 Å². The number of alkyl carbamates (subject to hydrolysis) is 1. The molecule has 13 heteroatoms. The number of likely N-dealkylation sites (N-methyl/N-ethyl adjacent to an activating group) is 1. The number of rotatable bonds is 12. The highest BCUT2D eigenvalue weighted by atomic mass is 16.5. The Bertz CT molecular complexity index is 2340. The second-order valence-electron chi connectivity index (χ2n) is 14.0. The van der Waals surface area contributed by atoms with E-state index in [0.717, 1.165) is 22.3 Å². The lowest BCUT2D eigenvalue weighted by molar-refractivity contribution is -0.128. The highest BCUT2D eigenvalue weighted by molar-refractivity contribution is 6.09. The number of hydrogen-bond acceptors (Lipinski definition) is 8. The Hall–Kier alpha value is -6.73. The maximum atomic E-state index is 14.6. The monoisotopic (exact) mass is 769 g/mol. The molecule has 0 radical (unpaired) electrons. The molecule has 0 fully saturated rings. The Morgan fingerprint density at radius 3 is 2.21 bits per heavy atom. The minimum atomic E-state index is -1.15. The van der Waals surface area contributed by atoms with Gasteiger partial charge in [-0.05, 0) is 77.3 Å². The maximum absolute atomic E-state index is 14.6. The van der Waals surface area contributed by atoms with Crippen LogP contribution >= 0.6 is 0 Å². The SMILES string of the molecule is CN[C@@H](C)C(=O)N[C@H]1CN(C(=O)CCNC(=O)OCC2c3ccccc3-c3ccccc32)c2ccccc2N(Cc2c(OC)ccc3cc(C(=O)O)ccc23)C1=O. The summed E-state index contributed by atoms with van der Waals surface area (Å²) in [4.78, 5) is 69.6. The Labute approximate surface area is 329 Å². The molecule has 7 rings (SSSR count). The number of nitrogens with one attached hydrogen (secondary N) is 3. The van der Waals surface area contributed by atoms with Crippen molar-refractivity contribution in [3.63, 3.8) is 0 Å². The van der Waals surface area contributed by atoms with Crippen molar-refractivity contribution in [2.75, 3.05) is 43.7 Å². The van der Waals surface area contributed by atoms with Gasteiger partial charge >= 0.3 is 12.1 Å². The molecular formula is C44H43N5O8. The Morgan fingerprint density at radius 1 is 0.877 bits per heavy atom. The van der Waals surface area contributed by atoms with Gasteiger partial charge in [0.15, 0.2) is 0 Å². The molecule has 0 saturated carbocycles. The second kappa shape index (κ2) is 16.6. The van der Waals surface area contributed by atoms with E-state index in [-0.39, 0.29) is 50.1 Å². The van der Waals surface area contributed by atoms with E-state index in [1.165, 1.54) is 23.0 Å². The van der Waals surface area contributed by atoms with Crippen LogP contribution in [-0.2, 0) is 25.7 Å². The molecule has 1 heterocycles. The minimum Gasteiger partial charge on any atom is -0.496 e. The average Bonchev–Trinajstić information content (AvgIpc) is 3.50. The van der Waals surface area contributed by atoms with Crippen molar-refractivity contribution >= 4 is 51.9 Å². The van der Waals surface area contributed by atoms with Gasteiger partial charge in [0.2, 0.25) is 11.8 Å². The molecule has 4 amide bonds. The van der Waals surface area contributed by atoms with Crippen LogP contribution in [-0.4, -0.2) is 80.8 Å². The predicted molar refractivity (Wildman–Crippen MR) is 216 cm³/mol. The van der Waals surface area contributed by atoms with Crippen LogP contribution in [0.1, 0.15) is 46.3 Å². The molecule has 5 aromatic rings. The number of nitrogens with zero attached hydrogens (tertiary/aromatic N) is 2. The summed E-state index contributed by atoms with van der Waals surface area (Å²) in [5, 5.41) is 19.3. The fourth-order valence-corrected chi connectivity index (χ4v) is 7.60. The lowest BCUT2D eigenvalue weighted by Crippen LogP contribution is -2.55. The number of carbonyl (C=O) groups excluding carboxylic acids is 4. The molecule has 4 N–H and O–H groups in total. The second-order valence-corrected chi connectivity index (χ2v) is 14.0. The van der Waals surface area contributed by atoms with Gasteiger partial charge in [-0.2, -0.15) is 0 Å². The fourth-order valence-electron chi connectivity index (χ4n) is 7.60. The predicted octanol–water partition coefficient (Wildman–Crippen LogP) is 5.45. The molecule has 2 aliphatic rings. The van der Waals surface area contributed by atoms with Crippen LogP contribution in [0.5, 0.6) is 5.75 Å². The number of benzene rings is 5. The van der Waals surface area contributed by atoms with Crippen molar-refractivity contribution in [1.82, 2.24) is 16.0 Å². The van der Waals surface area contributed by atoms with E-state index >= 15 is 0 Å². The quantitative estimate of drug-likeness (QED) is 0.129. The number of hydrogen-bond donors (Lipinski definition) is 4. The Morgan fingerprint density at radius 2 is 1.54 bits per heavy atom. The van der Waals surface area contributed by atoms with E-state index in [1.54, 1.807) is 62.5 Å². The summed E-state index contributed by atoms with van der Waals surface area (Å²) in [6, 6.07) is 29.5. The van der Waals surface area contributed by atoms with E-state index in [1.807, 2.05) is 36.4 Å². The molecule has 292 valence electrons. The number of aromatic carboxylic acids is 1. The number of para-hydroxylation sites is 2. The third-order valence-corrected chi connectivity index (χ3v) is 10.7. The van der Waals surface area contributed by atoms with Crippen molar-refractivity contribution in [3.05, 3.63) is 125 Å². The number of amides is 4. The first-order valence-electron chi connectivity index (χ1n) is 18.7. The molecule has 1 aliphatic heterocycles. The number of anilines is 2. The molecule has 0 aromatic heterocycles. The van der Waals surface area contributed by atoms with Crippen molar-refractivity contribution in [2.24, 2.45) is 0 Å². The van der Waals surface area contributed by atoms with Gasteiger partial charge in [-0.15, -0.1) is 0 Å². The first-order chi connectivity index (χ1) is 27.6. The molecule has 2 atom stereocenters. The normalized spacial score (nSPS) is 15.2. The van der Waals surface area contributed by atoms with E-state index in [0.29, 0.717) is 33.5 Å². The first kappa shape index (κ1) is 38.5. The minimum absolute atomic E-state index is 0.0257. The van der Waals surface area contributed by atoms with E-state index in [9.17, 15) is 29.1 Å². The van der Waals surface area contributed by atoms with Crippen LogP contribution in [0.25, 0.3) is 21.9 Å². The van der Waals surface area contributed by atoms with Crippen molar-refractivity contribution < 1.29 is 38.6 Å². The highest BCUT2D eigenvalue weighted by Gasteiger charge is 2.38. The summed E-state index contributed by atoms with van der Waals surface area (Å²) in [5.41, 5.74) is 5.96. The van der Waals surface area contributed by atoms with Gasteiger partial charge in [0, 0.05) is 24.4 Å². The summed E-state index contributed by atoms with van der Waals surface area (Å²) in [6.45, 7) is 1.55. The van der Waals surface area contributed by atoms with Crippen molar-refractivity contribution in [3.8, 4) is 16.9 Å². The van der Waals surface area contributed by atoms with Crippen LogP contribution in [0.4, 0.5) is 16.2 Å². The number of ether oxygens (including phenoxy) is 2. The van der Waals surface area contributed by atoms with Crippen LogP contribution in [0.15, 0.2) is 103 Å². The topological polar surface area (TPSA) is 167 Å². The van der Waals surface area contributed by atoms with Crippen LogP contribution in [0.3, 0.4) is 0 Å². The van der Waals surface area contributed by atoms with Gasteiger partial charge in [0.05, 0.1) is 43.2 Å². The van der Waals surface area contributed by atoms with Gasteiger partial charge in [-0.25, -0.2) is 9.59 Å². The Balaban J connectivity index is 1.12. The average molecular weight is 770 g/mol. The largest absolute Gasteiger partial charge is 0.496 e. The molecule has 0 spiro atoms. The third kappa shape index (κ3) is 7.74. The van der Waals surface area contributed by atoms with Crippen LogP contribution in [0, 0.1) is 0 Å². The zero-order valence-electron chi connectivity index (χ0n) is 31.8. The molecule has 0 bridgehead atoms. The van der Waals surface area contributed by atoms with E-state index < -0.39 is 36.0 Å². The van der Waals surface area contributed by atoms with Gasteiger partial charge in [-0.1, -0.05) is 72.8 Å². The summed E-state index contributed by atoms with van der Waals surface area (Å²) in [5.74, 6) is -2.01. The summed E-state index contributed by atoms with van der Waals surface area (Å²) >= 11 is 0. The number of carbonyl (C=O) groups is 5. The summed E-state index contributed by atoms with van der Waals surface area (Å²) < 4.78 is 11.4. The summed E-state index contributed by atoms with van der Waals surface area (Å²) in [6.07, 6.45) is -0.781. The zero-order valence-corrected chi connectivity index (χ0v) is 31.8. The number of methoxy groups -OCH3 is 1. The first-order valence-corrected chi connectivity index (χ1v) is 18.7. The number of carboxylic acids is 1. The van der Waals surface area contributed by atoms with Gasteiger partial charge < -0.3 is 40.3 Å². The fraction of sp³-hybridized carbons (Fsp3) is 0.250. The Kier molecular flexibility index (Phi) is 11.2. The molecule has 1 aliphatic carbocycles. The number of carboxylic acid groups (broad SMARTS) is 1. The lowest BCUT2D eigenvalue weighted by Gasteiger charge is -2.27. The zero-order chi connectivity index (χ0) is 40.2. The van der Waals surface area contributed by atoms with Crippen LogP contribution < -0.4 is 30.5 Å². The number of fused-ring (bicyclic) bond motifs is 5. The van der Waals surface area contributed by atoms with Gasteiger partial charge in [-0.3, -0.25) is 14.4 Å². The molecule has 0 saturated heterocycles. The molecule has 5 aromatic carbocycles. The molecule has 13 nitrogen and oxygen atoms in total. The third-order valence-electron chi connectivity index (χ3n) is 10.7. The van der Waals surface area contributed by atoms with Crippen LogP contribution in [0.2, 0.25) is 0 Å². The standard InChI is InChI=1S/C44H43N5O8/c1-26(45-2)41(51)47-36-24-48(40(50)20-21-46-44(55)57-25-35-32-12-6-4-10-30(32)31-11-5-7-13-33(31)35)37-14-8-9-15-38(37)49(42(36)52)23-34-29-18-16-28(43(53)54)22-27(29)17-19-39(34)56-3/h4-19,22,26,35-36,45H,20-21,23-25H2,1-3H3,(H,46,55)(H,47,51)(H,53,54)/t26-,36-/m0/s1. The summed E-state index contributed by atoms with van der Waals surface area (Å²) in [7, 11) is 3.14.